The van der Waals surface area contributed by atoms with Crippen molar-refractivity contribution in [2.75, 3.05) is 65.6 Å². The molecule has 9 N–H and O–H groups in total. The van der Waals surface area contributed by atoms with Crippen molar-refractivity contribution >= 4 is 108 Å². The molecule has 126 heavy (non-hydrogen) atoms. The lowest BCUT2D eigenvalue weighted by atomic mass is 9.86. The lowest BCUT2D eigenvalue weighted by Crippen LogP contribution is -2.51. The van der Waals surface area contributed by atoms with E-state index in [9.17, 15) is 59.1 Å². The molecule has 2 saturated heterocycles. The molecule has 1 unspecified atom stereocenters. The third-order valence-electron chi connectivity index (χ3n) is 25.5. The van der Waals surface area contributed by atoms with E-state index in [0.29, 0.717) is 77.0 Å². The van der Waals surface area contributed by atoms with E-state index in [4.69, 9.17) is 34.7 Å². The van der Waals surface area contributed by atoms with Crippen LogP contribution in [-0.2, 0) is 33.5 Å². The number of alkyl carbamates (subject to hydrolysis) is 1. The van der Waals surface area contributed by atoms with Gasteiger partial charge in [0.25, 0.3) is 0 Å². The number of likely N-dealkylation sites (N-methyl/N-ethyl adjacent to an activating group) is 1. The van der Waals surface area contributed by atoms with E-state index in [-0.39, 0.29) is 73.4 Å². The van der Waals surface area contributed by atoms with E-state index in [1.54, 1.807) is 6.92 Å². The summed E-state index contributed by atoms with van der Waals surface area (Å²) >= 11 is 8.01. The molecule has 30 heteroatoms. The van der Waals surface area contributed by atoms with Gasteiger partial charge in [-0.3, -0.25) is 24.2 Å². The van der Waals surface area contributed by atoms with Crippen molar-refractivity contribution in [3.05, 3.63) is 180 Å². The minimum atomic E-state index is -1.41. The lowest BCUT2D eigenvalue weighted by molar-refractivity contribution is -0.307. The van der Waals surface area contributed by atoms with Gasteiger partial charge in [-0.2, -0.15) is 0 Å². The van der Waals surface area contributed by atoms with E-state index >= 15 is 0 Å². The maximum absolute atomic E-state index is 13.4. The molecule has 10 heterocycles. The van der Waals surface area contributed by atoms with Crippen molar-refractivity contribution in [2.45, 2.75) is 244 Å². The summed E-state index contributed by atoms with van der Waals surface area (Å²) in [5.41, 5.74) is 28.3. The first-order valence-corrected chi connectivity index (χ1v) is 46.4. The second-order valence-corrected chi connectivity index (χ2v) is 36.7. The largest absolute Gasteiger partial charge is 0.549 e. The topological polar surface area (TPSA) is 403 Å². The number of rotatable bonds is 38. The summed E-state index contributed by atoms with van der Waals surface area (Å²) in [6, 6.07) is -0.982. The molecule has 4 amide bonds. The smallest absolute Gasteiger partial charge is 0.407 e. The maximum atomic E-state index is 13.4. The first kappa shape index (κ1) is 96.6. The van der Waals surface area contributed by atoms with Crippen LogP contribution in [0.3, 0.4) is 0 Å². The molecule has 12 aliphatic rings. The van der Waals surface area contributed by atoms with Crippen LogP contribution in [0, 0.1) is 23.7 Å². The fourth-order valence-corrected chi connectivity index (χ4v) is 20.3. The summed E-state index contributed by atoms with van der Waals surface area (Å²) in [5.74, 6) is -4.09. The summed E-state index contributed by atoms with van der Waals surface area (Å²) in [6.45, 7) is 33.5. The molecule has 12 rings (SSSR count). The molecule has 0 aromatic rings. The Balaban J connectivity index is 0.000000252. The Labute approximate surface area is 757 Å². The number of amides is 4. The standard InChI is InChI=1S/C52H70BrN9O9.C44H57BrN6O4/c1-8-32-28(4)37-22-40-33(9-2)29(5)48(59-40)47(53)49-30(6)34(50(60-49)35-21-41(63)46-31(7)38(58-51(35)46)23-39(32)57-37)15-16-42(64)54-18-13-11-12-14-19-55-52(71)36(56-24-43(65)66)17-20-62(26-45(69)70)27-61(10-3)25-44(67)68;1-10-27-23(3)31-21-34-28(11-2)24(4)39(50-34)38(45)40-25(5)29(16-17-36(53)46-18-14-12-13-15-19-47-43(54)55-44(7,8)9)41(51-40)30-20-35(52)37-26(6)32(49-42(30)37)22-33(27)48-31/h22-23,30,34,36,56,60,63H,8-21,24-27H2,1-7H3,(H,54,64)(H,55,71)(H,65,66)(H,67,68)(H,69,70);21-22,25,29,51-52H,10-20H2,1-9H3,(H,46,53)(H,47,54)/p-3/t30-,34-,36?;25-,29-/m00/s1. The minimum Gasteiger partial charge on any atom is -0.549 e. The van der Waals surface area contributed by atoms with Crippen molar-refractivity contribution in [3.63, 3.8) is 0 Å². The quantitative estimate of drug-likeness (QED) is 0.0205. The molecule has 5 atom stereocenters. The normalized spacial score (nSPS) is 20.9. The zero-order chi connectivity index (χ0) is 91.4. The number of carboxylic acid groups (broad SMARTS) is 3. The van der Waals surface area contributed by atoms with Crippen LogP contribution < -0.4 is 52.5 Å². The van der Waals surface area contributed by atoms with Crippen LogP contribution >= 0.6 is 31.9 Å². The van der Waals surface area contributed by atoms with Gasteiger partial charge in [0, 0.05) is 147 Å². The van der Waals surface area contributed by atoms with E-state index in [0.717, 1.165) is 238 Å². The van der Waals surface area contributed by atoms with Gasteiger partial charge in [-0.05, 0) is 251 Å². The SMILES string of the molecule is CCC1=C(C)C2=NC1=CC1=C(C)C3=C(O)CC(=C4NC(=C(Br)C5=NC(=C2)C(CC)=C5C)[C@@H](C)[C@@H]4CCC(=O)NCCCCCCNC(=O)C(CCN(CC(=O)[O-])CN(CC)CC(=O)[O-])NCC(=O)[O-])C3=N1.CCC1=C(C)C2=NC1=CC1=C(C)C3=C(O)CC(=C4NC(=C(Br)C5=NC(=C2)C(CC)=C5C)[C@@H](C)[C@@H]4CCC(=O)NCCCCCCNC(=O)OC(C)(C)C)C3=N1. The van der Waals surface area contributed by atoms with Crippen molar-refractivity contribution in [1.29, 1.82) is 0 Å². The first-order chi connectivity index (χ1) is 60.0. The molecule has 28 nitrogen and oxygen atoms in total. The number of hydrogen-bond donors (Lipinski definition) is 9. The van der Waals surface area contributed by atoms with Crippen molar-refractivity contribution in [3.8, 4) is 0 Å². The Morgan fingerprint density at radius 3 is 1.30 bits per heavy atom. The van der Waals surface area contributed by atoms with Gasteiger partial charge in [-0.25, -0.2) is 34.7 Å². The summed E-state index contributed by atoms with van der Waals surface area (Å²) < 4.78 is 7.06. The van der Waals surface area contributed by atoms with Gasteiger partial charge in [0.15, 0.2) is 0 Å². The Morgan fingerprint density at radius 2 is 0.905 bits per heavy atom. The Hall–Kier alpha value is -10.0. The maximum Gasteiger partial charge on any atom is 0.407 e. The monoisotopic (exact) mass is 1850 g/mol. The third kappa shape index (κ3) is 22.4. The first-order valence-electron chi connectivity index (χ1n) is 44.8. The molecule has 0 aromatic heterocycles. The number of allylic oxidation sites excluding steroid dienone is 24. The number of nitrogens with one attached hydrogen (secondary N) is 7. The number of halogens is 2. The number of carbonyl (C=O) groups is 7. The number of hydrogen-bond acceptors (Lipinski definition) is 24. The fraction of sp³-hybridized carbons (Fsp3) is 0.531. The lowest BCUT2D eigenvalue weighted by Gasteiger charge is -2.31. The number of ether oxygens (including phenoxy) is 1. The molecule has 678 valence electrons. The number of unbranched alkanes of at least 4 members (excludes halogenated alkanes) is 6. The van der Waals surface area contributed by atoms with E-state index < -0.39 is 55.1 Å². The molecular weight excluding hydrogens is 1730 g/mol. The zero-order valence-corrected chi connectivity index (χ0v) is 79.1. The van der Waals surface area contributed by atoms with Crippen LogP contribution in [0.15, 0.2) is 210 Å². The highest BCUT2D eigenvalue weighted by molar-refractivity contribution is 9.12. The summed E-state index contributed by atoms with van der Waals surface area (Å²) in [6.07, 6.45) is 20.4. The van der Waals surface area contributed by atoms with Crippen molar-refractivity contribution in [2.24, 2.45) is 53.6 Å². The second-order valence-electron chi connectivity index (χ2n) is 35.1. The second kappa shape index (κ2) is 42.7. The molecule has 0 saturated carbocycles. The molecule has 16 bridgehead atoms. The number of aliphatic hydroxyl groups excluding tert-OH is 2. The van der Waals surface area contributed by atoms with Crippen LogP contribution in [0.2, 0.25) is 0 Å². The number of aliphatic imine (C=N–C) groups is 6. The summed E-state index contributed by atoms with van der Waals surface area (Å²) in [4.78, 5) is 119. The average molecular weight is 1860 g/mol. The summed E-state index contributed by atoms with van der Waals surface area (Å²) in [7, 11) is 0. The molecule has 10 aliphatic heterocycles. The van der Waals surface area contributed by atoms with E-state index in [1.807, 2.05) is 40.7 Å². The average Bonchev–Trinajstić information content (AvgIpc) is 1.59. The zero-order valence-electron chi connectivity index (χ0n) is 75.9. The van der Waals surface area contributed by atoms with Crippen molar-refractivity contribution < 1.29 is 63.8 Å². The predicted molar refractivity (Wildman–Crippen MR) is 494 cm³/mol. The Morgan fingerprint density at radius 1 is 0.508 bits per heavy atom. The van der Waals surface area contributed by atoms with Crippen LogP contribution in [0.1, 0.15) is 233 Å². The highest BCUT2D eigenvalue weighted by Crippen LogP contribution is 2.51. The van der Waals surface area contributed by atoms with Gasteiger partial charge >= 0.3 is 6.09 Å². The number of carbonyl (C=O) groups excluding carboxylic acids is 7. The van der Waals surface area contributed by atoms with Gasteiger partial charge in [0.1, 0.15) is 17.1 Å². The van der Waals surface area contributed by atoms with Gasteiger partial charge in [0.2, 0.25) is 17.7 Å². The highest BCUT2D eigenvalue weighted by atomic mass is 79.9. The molecule has 0 aromatic carbocycles. The Kier molecular flexibility index (Phi) is 32.8. The molecule has 0 radical (unpaired) electrons. The predicted octanol–water partition coefficient (Wildman–Crippen LogP) is 12.3. The van der Waals surface area contributed by atoms with Crippen LogP contribution in [0.4, 0.5) is 4.79 Å². The van der Waals surface area contributed by atoms with Crippen LogP contribution in [-0.4, -0.2) is 173 Å². The number of fused-ring (bicyclic) bond motifs is 10. The van der Waals surface area contributed by atoms with E-state index in [2.05, 4.69) is 157 Å². The molecule has 2 fully saturated rings. The highest BCUT2D eigenvalue weighted by Gasteiger charge is 2.46. The molecular formula is C96H124Br2N15O13-3. The Bertz CT molecular complexity index is 5230. The summed E-state index contributed by atoms with van der Waals surface area (Å²) in [5, 5.41) is 78.7. The fourth-order valence-electron chi connectivity index (χ4n) is 18.6. The molecule has 0 spiro atoms. The number of carboxylic acids is 3. The van der Waals surface area contributed by atoms with Gasteiger partial charge in [0.05, 0.1) is 108 Å². The third-order valence-corrected chi connectivity index (χ3v) is 27.1. The minimum absolute atomic E-state index is 0.000176. The van der Waals surface area contributed by atoms with Gasteiger partial charge < -0.3 is 81.9 Å². The van der Waals surface area contributed by atoms with Gasteiger partial charge in [-0.15, -0.1) is 0 Å². The van der Waals surface area contributed by atoms with E-state index in [1.165, 1.54) is 20.9 Å². The van der Waals surface area contributed by atoms with Crippen LogP contribution in [0.25, 0.3) is 0 Å². The molecule has 2 aliphatic carbocycles. The van der Waals surface area contributed by atoms with Crippen LogP contribution in [0.5, 0.6) is 0 Å². The van der Waals surface area contributed by atoms with Crippen molar-refractivity contribution in [1.82, 2.24) is 47.0 Å². The number of aliphatic hydroxyl groups is 2. The number of aliphatic carboxylic acids is 3. The van der Waals surface area contributed by atoms with Gasteiger partial charge in [-0.1, -0.05) is 74.1 Å². The number of nitrogens with zero attached hydrogens (tertiary/aromatic N) is 8.